The fraction of sp³-hybridized carbons (Fsp3) is 0.444. The van der Waals surface area contributed by atoms with E-state index in [-0.39, 0.29) is 24.1 Å². The number of hydrogen-bond donors (Lipinski definition) is 2. The van der Waals surface area contributed by atoms with Crippen molar-refractivity contribution < 1.29 is 14.6 Å². The van der Waals surface area contributed by atoms with Gasteiger partial charge in [0.2, 0.25) is 5.91 Å². The molecular weight excluding hydrogens is 616 g/mol. The van der Waals surface area contributed by atoms with E-state index >= 15 is 0 Å². The number of aliphatic imine (C=N–C) groups is 1. The number of nitrogens with zero attached hydrogens (tertiary/aromatic N) is 5. The fourth-order valence-electron chi connectivity index (χ4n) is 4.90. The Morgan fingerprint density at radius 2 is 1.76 bits per heavy atom. The molecule has 0 bridgehead atoms. The molecule has 0 spiro atoms. The third-order valence-corrected chi connectivity index (χ3v) is 8.22. The molecule has 4 rings (SSSR count). The SMILES string of the molecule is CN1CCC(N2CCN(C(=O)[C@H](Cc3cc(Br)c(O)c(Br)c3)N=C(NC#N)Oc3ccccc3)CC2)CC1. The van der Waals surface area contributed by atoms with Gasteiger partial charge >= 0.3 is 6.02 Å². The number of benzene rings is 2. The van der Waals surface area contributed by atoms with E-state index in [0.717, 1.165) is 44.6 Å². The number of para-hydroxylation sites is 1. The molecule has 0 unspecified atom stereocenters. The molecule has 2 saturated heterocycles. The Morgan fingerprint density at radius 1 is 1.13 bits per heavy atom. The minimum Gasteiger partial charge on any atom is -0.506 e. The van der Waals surface area contributed by atoms with E-state index in [2.05, 4.69) is 59.0 Å². The molecule has 2 aromatic rings. The van der Waals surface area contributed by atoms with Gasteiger partial charge in [-0.15, -0.1) is 0 Å². The van der Waals surface area contributed by atoms with Gasteiger partial charge in [0.25, 0.3) is 0 Å². The molecule has 11 heteroatoms. The third-order valence-electron chi connectivity index (χ3n) is 7.01. The molecule has 0 aromatic heterocycles. The van der Waals surface area contributed by atoms with Gasteiger partial charge in [-0.25, -0.2) is 10.3 Å². The number of piperidine rings is 1. The number of aromatic hydroxyl groups is 1. The van der Waals surface area contributed by atoms with E-state index in [4.69, 9.17) is 4.74 Å². The fourth-order valence-corrected chi connectivity index (χ4v) is 6.18. The highest BCUT2D eigenvalue weighted by molar-refractivity contribution is 9.11. The molecule has 2 heterocycles. The quantitative estimate of drug-likeness (QED) is 0.214. The molecule has 2 fully saturated rings. The number of ether oxygens (including phenoxy) is 1. The van der Waals surface area contributed by atoms with Gasteiger partial charge in [0, 0.05) is 38.6 Å². The summed E-state index contributed by atoms with van der Waals surface area (Å²) in [6.45, 7) is 5.12. The smallest absolute Gasteiger partial charge is 0.304 e. The maximum atomic E-state index is 13.8. The number of carbonyl (C=O) groups excluding carboxylic acids is 1. The molecule has 202 valence electrons. The van der Waals surface area contributed by atoms with Gasteiger partial charge in [-0.1, -0.05) is 18.2 Å². The molecule has 2 N–H and O–H groups in total. The maximum Gasteiger partial charge on any atom is 0.304 e. The second-order valence-corrected chi connectivity index (χ2v) is 11.3. The number of amidine groups is 1. The van der Waals surface area contributed by atoms with Crippen LogP contribution in [0.3, 0.4) is 0 Å². The van der Waals surface area contributed by atoms with E-state index in [1.54, 1.807) is 24.3 Å². The van der Waals surface area contributed by atoms with Crippen molar-refractivity contribution in [1.29, 1.82) is 5.26 Å². The average Bonchev–Trinajstić information content (AvgIpc) is 2.92. The number of hydrogen-bond acceptors (Lipinski definition) is 7. The first-order valence-electron chi connectivity index (χ1n) is 12.7. The summed E-state index contributed by atoms with van der Waals surface area (Å²) in [6, 6.07) is 12.2. The van der Waals surface area contributed by atoms with Crippen LogP contribution in [-0.4, -0.2) is 90.1 Å². The molecule has 0 radical (unpaired) electrons. The van der Waals surface area contributed by atoms with Crippen molar-refractivity contribution >= 4 is 43.8 Å². The van der Waals surface area contributed by atoms with Gasteiger partial charge in [0.15, 0.2) is 6.19 Å². The first-order valence-corrected chi connectivity index (χ1v) is 14.3. The molecule has 38 heavy (non-hydrogen) atoms. The number of rotatable bonds is 6. The average molecular weight is 648 g/mol. The van der Waals surface area contributed by atoms with Crippen LogP contribution in [0.2, 0.25) is 0 Å². The van der Waals surface area contributed by atoms with Crippen LogP contribution in [0.25, 0.3) is 0 Å². The zero-order valence-corrected chi connectivity index (χ0v) is 24.5. The number of phenolic OH excluding ortho intramolecular Hbond substituents is 1. The number of likely N-dealkylation sites (tertiary alicyclic amines) is 1. The Morgan fingerprint density at radius 3 is 2.37 bits per heavy atom. The number of carbonyl (C=O) groups is 1. The standard InChI is InChI=1S/C27H32Br2N6O3/c1-33-9-7-20(8-10-33)34-11-13-35(14-12-34)26(37)24(17-19-15-22(28)25(36)23(29)16-19)32-27(31-18-30)38-21-5-3-2-4-6-21/h2-6,15-16,20,24,36H,7-14,17H2,1H3,(H,31,32)/t24-/m0/s1. The minimum absolute atomic E-state index is 0.0427. The summed E-state index contributed by atoms with van der Waals surface area (Å²) in [6.07, 6.45) is 4.43. The van der Waals surface area contributed by atoms with Gasteiger partial charge < -0.3 is 19.6 Å². The van der Waals surface area contributed by atoms with Crippen LogP contribution in [0.4, 0.5) is 0 Å². The lowest BCUT2D eigenvalue weighted by Gasteiger charge is -2.42. The van der Waals surface area contributed by atoms with E-state index in [9.17, 15) is 15.2 Å². The molecular formula is C27H32Br2N6O3. The van der Waals surface area contributed by atoms with Crippen LogP contribution < -0.4 is 10.1 Å². The zero-order valence-electron chi connectivity index (χ0n) is 21.3. The minimum atomic E-state index is -0.826. The highest BCUT2D eigenvalue weighted by atomic mass is 79.9. The Bertz CT molecular complexity index is 1150. The molecule has 2 aliphatic heterocycles. The number of nitrogens with one attached hydrogen (secondary N) is 1. The van der Waals surface area contributed by atoms with Crippen molar-refractivity contribution in [2.75, 3.05) is 46.3 Å². The lowest BCUT2D eigenvalue weighted by atomic mass is 10.0. The van der Waals surface area contributed by atoms with E-state index in [1.165, 1.54) is 0 Å². The number of nitriles is 1. The molecule has 1 atom stereocenters. The van der Waals surface area contributed by atoms with Crippen LogP contribution in [0.1, 0.15) is 18.4 Å². The summed E-state index contributed by atoms with van der Waals surface area (Å²) in [5.74, 6) is 0.466. The Kier molecular flexibility index (Phi) is 10.0. The Labute approximate surface area is 240 Å². The summed E-state index contributed by atoms with van der Waals surface area (Å²) in [4.78, 5) is 25.1. The van der Waals surface area contributed by atoms with Crippen molar-refractivity contribution in [3.05, 3.63) is 57.0 Å². The maximum absolute atomic E-state index is 13.8. The van der Waals surface area contributed by atoms with Crippen molar-refractivity contribution in [3.8, 4) is 17.7 Å². The lowest BCUT2D eigenvalue weighted by molar-refractivity contribution is -0.134. The van der Waals surface area contributed by atoms with Gasteiger partial charge in [-0.3, -0.25) is 9.69 Å². The normalized spacial score (nSPS) is 18.6. The molecule has 2 aromatic carbocycles. The van der Waals surface area contributed by atoms with E-state index in [1.807, 2.05) is 29.3 Å². The predicted molar refractivity (Wildman–Crippen MR) is 153 cm³/mol. The predicted octanol–water partition coefficient (Wildman–Crippen LogP) is 3.57. The first kappa shape index (κ1) is 28.4. The Hall–Kier alpha value is -2.65. The van der Waals surface area contributed by atoms with Crippen LogP contribution >= 0.6 is 31.9 Å². The highest BCUT2D eigenvalue weighted by Gasteiger charge is 2.31. The van der Waals surface area contributed by atoms with Crippen LogP contribution in [0.5, 0.6) is 11.5 Å². The van der Waals surface area contributed by atoms with E-state index < -0.39 is 6.04 Å². The third kappa shape index (κ3) is 7.47. The van der Waals surface area contributed by atoms with Crippen molar-refractivity contribution in [3.63, 3.8) is 0 Å². The number of halogens is 2. The van der Waals surface area contributed by atoms with Crippen LogP contribution in [0.15, 0.2) is 56.4 Å². The second-order valence-electron chi connectivity index (χ2n) is 9.61. The van der Waals surface area contributed by atoms with Crippen molar-refractivity contribution in [2.45, 2.75) is 31.3 Å². The topological polar surface area (TPSA) is 104 Å². The molecule has 0 aliphatic carbocycles. The largest absolute Gasteiger partial charge is 0.506 e. The van der Waals surface area contributed by atoms with Crippen molar-refractivity contribution in [2.24, 2.45) is 4.99 Å². The first-order chi connectivity index (χ1) is 18.3. The van der Waals surface area contributed by atoms with Crippen molar-refractivity contribution in [1.82, 2.24) is 20.0 Å². The molecule has 9 nitrogen and oxygen atoms in total. The summed E-state index contributed by atoms with van der Waals surface area (Å²) in [5.41, 5.74) is 0.796. The zero-order chi connectivity index (χ0) is 27.1. The lowest BCUT2D eigenvalue weighted by Crippen LogP contribution is -2.55. The summed E-state index contributed by atoms with van der Waals surface area (Å²) >= 11 is 6.74. The monoisotopic (exact) mass is 646 g/mol. The molecule has 0 saturated carbocycles. The van der Waals surface area contributed by atoms with Gasteiger partial charge in [0.1, 0.15) is 17.5 Å². The number of amides is 1. The van der Waals surface area contributed by atoms with Crippen LogP contribution in [0, 0.1) is 11.5 Å². The van der Waals surface area contributed by atoms with Gasteiger partial charge in [0.05, 0.1) is 8.95 Å². The molecule has 1 amide bonds. The van der Waals surface area contributed by atoms with E-state index in [0.29, 0.717) is 33.8 Å². The number of phenols is 1. The second kappa shape index (κ2) is 13.4. The highest BCUT2D eigenvalue weighted by Crippen LogP contribution is 2.34. The van der Waals surface area contributed by atoms with Gasteiger partial charge in [-0.2, -0.15) is 5.26 Å². The summed E-state index contributed by atoms with van der Waals surface area (Å²) < 4.78 is 6.83. The summed E-state index contributed by atoms with van der Waals surface area (Å²) in [5, 5.41) is 21.9. The number of piperazine rings is 1. The van der Waals surface area contributed by atoms with Crippen LogP contribution in [-0.2, 0) is 11.2 Å². The summed E-state index contributed by atoms with van der Waals surface area (Å²) in [7, 11) is 2.16. The Balaban J connectivity index is 1.53. The molecule has 2 aliphatic rings. The van der Waals surface area contributed by atoms with Gasteiger partial charge in [-0.05, 0) is 94.7 Å².